The summed E-state index contributed by atoms with van der Waals surface area (Å²) in [6, 6.07) is 7.74. The minimum Gasteiger partial charge on any atom is -0.384 e. The molecule has 1 aromatic carbocycles. The van der Waals surface area contributed by atoms with Gasteiger partial charge >= 0.3 is 0 Å². The summed E-state index contributed by atoms with van der Waals surface area (Å²) in [6.07, 6.45) is 14.6. The van der Waals surface area contributed by atoms with Gasteiger partial charge in [-0.1, -0.05) is 23.4 Å². The molecular formula is C19H20ClN3. The van der Waals surface area contributed by atoms with Crippen molar-refractivity contribution in [2.75, 3.05) is 31.5 Å². The molecule has 0 aliphatic rings. The number of unbranched alkanes of at least 4 members (excludes halogenated alkanes) is 1. The second kappa shape index (κ2) is 9.06. The zero-order valence-corrected chi connectivity index (χ0v) is 13.8. The van der Waals surface area contributed by atoms with Crippen molar-refractivity contribution in [3.8, 4) is 24.7 Å². The molecule has 0 radical (unpaired) electrons. The van der Waals surface area contributed by atoms with Crippen LogP contribution >= 0.6 is 11.6 Å². The molecule has 0 amide bonds. The number of fused-ring (bicyclic) bond motifs is 1. The van der Waals surface area contributed by atoms with E-state index >= 15 is 0 Å². The molecule has 1 N–H and O–H groups in total. The summed E-state index contributed by atoms with van der Waals surface area (Å²) in [5.41, 5.74) is 1.98. The average Bonchev–Trinajstić information content (AvgIpc) is 2.54. The van der Waals surface area contributed by atoms with Crippen molar-refractivity contribution in [2.45, 2.75) is 12.8 Å². The third-order valence-electron chi connectivity index (χ3n) is 3.55. The van der Waals surface area contributed by atoms with Gasteiger partial charge < -0.3 is 5.32 Å². The number of hydrogen-bond donors (Lipinski definition) is 1. The first-order valence-corrected chi connectivity index (χ1v) is 8.00. The van der Waals surface area contributed by atoms with E-state index in [4.69, 9.17) is 24.4 Å². The van der Waals surface area contributed by atoms with Gasteiger partial charge in [-0.15, -0.1) is 12.8 Å². The zero-order valence-electron chi connectivity index (χ0n) is 13.1. The van der Waals surface area contributed by atoms with Crippen LogP contribution in [0.5, 0.6) is 0 Å². The van der Waals surface area contributed by atoms with Crippen molar-refractivity contribution in [2.24, 2.45) is 0 Å². The van der Waals surface area contributed by atoms with Crippen LogP contribution in [0.15, 0.2) is 30.5 Å². The molecule has 0 atom stereocenters. The largest absolute Gasteiger partial charge is 0.384 e. The first kappa shape index (κ1) is 17.2. The standard InChI is InChI=1S/C19H20ClN3/c1-3-12-23(13-4-2)14-6-5-10-21-18-9-11-22-19-15-16(20)7-8-17(18)19/h1-2,7-9,11,15H,5-6,10,12-14H2,(H,21,22). The highest BCUT2D eigenvalue weighted by molar-refractivity contribution is 6.31. The van der Waals surface area contributed by atoms with E-state index in [1.807, 2.05) is 24.3 Å². The number of terminal acetylenes is 2. The van der Waals surface area contributed by atoms with Gasteiger partial charge in [0.05, 0.1) is 18.6 Å². The number of nitrogens with one attached hydrogen (secondary N) is 1. The Morgan fingerprint density at radius 1 is 1.13 bits per heavy atom. The lowest BCUT2D eigenvalue weighted by molar-refractivity contribution is 0.337. The molecule has 0 aliphatic carbocycles. The minimum absolute atomic E-state index is 0.605. The van der Waals surface area contributed by atoms with Gasteiger partial charge in [0.1, 0.15) is 0 Å². The Hall–Kier alpha value is -2.20. The second-order valence-electron chi connectivity index (χ2n) is 5.27. The van der Waals surface area contributed by atoms with Gasteiger partial charge in [0.2, 0.25) is 0 Å². The Kier molecular flexibility index (Phi) is 6.76. The van der Waals surface area contributed by atoms with E-state index in [9.17, 15) is 0 Å². The molecule has 0 unspecified atom stereocenters. The predicted molar refractivity (Wildman–Crippen MR) is 98.6 cm³/mol. The van der Waals surface area contributed by atoms with Crippen LogP contribution < -0.4 is 5.32 Å². The van der Waals surface area contributed by atoms with Crippen molar-refractivity contribution in [1.82, 2.24) is 9.88 Å². The predicted octanol–water partition coefficient (Wildman–Crippen LogP) is 3.65. The first-order chi connectivity index (χ1) is 11.2. The summed E-state index contributed by atoms with van der Waals surface area (Å²) in [7, 11) is 0. The molecule has 4 heteroatoms. The minimum atomic E-state index is 0.605. The number of nitrogens with zero attached hydrogens (tertiary/aromatic N) is 2. The fraction of sp³-hybridized carbons (Fsp3) is 0.316. The topological polar surface area (TPSA) is 28.2 Å². The SMILES string of the molecule is C#CCN(CC#C)CCCCNc1ccnc2cc(Cl)ccc12. The zero-order chi connectivity index (χ0) is 16.5. The normalized spacial score (nSPS) is 10.4. The highest BCUT2D eigenvalue weighted by Gasteiger charge is 2.03. The van der Waals surface area contributed by atoms with Crippen LogP contribution in [-0.2, 0) is 0 Å². The molecule has 0 saturated carbocycles. The number of aromatic nitrogens is 1. The Labute approximate surface area is 143 Å². The lowest BCUT2D eigenvalue weighted by Gasteiger charge is -2.16. The summed E-state index contributed by atoms with van der Waals surface area (Å²) in [4.78, 5) is 6.44. The van der Waals surface area contributed by atoms with E-state index in [0.717, 1.165) is 42.5 Å². The van der Waals surface area contributed by atoms with Crippen molar-refractivity contribution in [3.63, 3.8) is 0 Å². The van der Waals surface area contributed by atoms with E-state index in [0.29, 0.717) is 18.1 Å². The van der Waals surface area contributed by atoms with Gasteiger partial charge in [0.15, 0.2) is 0 Å². The maximum absolute atomic E-state index is 6.00. The molecule has 0 saturated heterocycles. The molecule has 23 heavy (non-hydrogen) atoms. The first-order valence-electron chi connectivity index (χ1n) is 7.62. The fourth-order valence-corrected chi connectivity index (χ4v) is 2.60. The number of hydrogen-bond acceptors (Lipinski definition) is 3. The molecule has 3 nitrogen and oxygen atoms in total. The Morgan fingerprint density at radius 2 is 1.91 bits per heavy atom. The van der Waals surface area contributed by atoms with Gasteiger partial charge in [-0.2, -0.15) is 0 Å². The number of rotatable bonds is 8. The number of pyridine rings is 1. The monoisotopic (exact) mass is 325 g/mol. The molecule has 118 valence electrons. The van der Waals surface area contributed by atoms with Crippen molar-refractivity contribution < 1.29 is 0 Å². The van der Waals surface area contributed by atoms with Gasteiger partial charge in [0.25, 0.3) is 0 Å². The third-order valence-corrected chi connectivity index (χ3v) is 3.79. The summed E-state index contributed by atoms with van der Waals surface area (Å²) in [6.45, 7) is 3.02. The maximum atomic E-state index is 6.00. The second-order valence-corrected chi connectivity index (χ2v) is 5.71. The van der Waals surface area contributed by atoms with Crippen molar-refractivity contribution in [3.05, 3.63) is 35.5 Å². The Bertz CT molecular complexity index is 711. The van der Waals surface area contributed by atoms with Crippen LogP contribution in [-0.4, -0.2) is 36.1 Å². The van der Waals surface area contributed by atoms with Gasteiger partial charge in [-0.05, 0) is 37.1 Å². The number of anilines is 1. The van der Waals surface area contributed by atoms with Crippen molar-refractivity contribution >= 4 is 28.2 Å². The van der Waals surface area contributed by atoms with Crippen LogP contribution in [0.25, 0.3) is 10.9 Å². The molecule has 0 bridgehead atoms. The van der Waals surface area contributed by atoms with E-state index < -0.39 is 0 Å². The van der Waals surface area contributed by atoms with Crippen molar-refractivity contribution in [1.29, 1.82) is 0 Å². The Balaban J connectivity index is 1.83. The van der Waals surface area contributed by atoms with E-state index in [2.05, 4.69) is 27.0 Å². The maximum Gasteiger partial charge on any atom is 0.0737 e. The summed E-state index contributed by atoms with van der Waals surface area (Å²) < 4.78 is 0. The van der Waals surface area contributed by atoms with E-state index in [1.165, 1.54) is 0 Å². The van der Waals surface area contributed by atoms with Crippen LogP contribution in [0.3, 0.4) is 0 Å². The van der Waals surface area contributed by atoms with E-state index in [1.54, 1.807) is 6.20 Å². The molecule has 1 heterocycles. The molecule has 0 aliphatic heterocycles. The lowest BCUT2D eigenvalue weighted by atomic mass is 10.2. The Morgan fingerprint density at radius 3 is 2.65 bits per heavy atom. The highest BCUT2D eigenvalue weighted by atomic mass is 35.5. The lowest BCUT2D eigenvalue weighted by Crippen LogP contribution is -2.26. The van der Waals surface area contributed by atoms with Crippen LogP contribution in [0, 0.1) is 24.7 Å². The van der Waals surface area contributed by atoms with E-state index in [-0.39, 0.29) is 0 Å². The van der Waals surface area contributed by atoms with Gasteiger partial charge in [-0.3, -0.25) is 9.88 Å². The van der Waals surface area contributed by atoms with Crippen LogP contribution in [0.2, 0.25) is 5.02 Å². The molecule has 0 spiro atoms. The molecular weight excluding hydrogens is 306 g/mol. The highest BCUT2D eigenvalue weighted by Crippen LogP contribution is 2.24. The summed E-state index contributed by atoms with van der Waals surface area (Å²) in [5.74, 6) is 5.28. The summed E-state index contributed by atoms with van der Waals surface area (Å²) >= 11 is 6.00. The third kappa shape index (κ3) is 5.18. The van der Waals surface area contributed by atoms with Crippen LogP contribution in [0.4, 0.5) is 5.69 Å². The van der Waals surface area contributed by atoms with Gasteiger partial charge in [-0.25, -0.2) is 0 Å². The average molecular weight is 326 g/mol. The smallest absolute Gasteiger partial charge is 0.0737 e. The van der Waals surface area contributed by atoms with Gasteiger partial charge in [0, 0.05) is 35.4 Å². The molecule has 1 aromatic heterocycles. The fourth-order valence-electron chi connectivity index (χ4n) is 2.43. The number of benzene rings is 1. The molecule has 2 rings (SSSR count). The molecule has 2 aromatic rings. The quantitative estimate of drug-likeness (QED) is 0.593. The molecule has 0 fully saturated rings. The number of halogens is 1. The van der Waals surface area contributed by atoms with Crippen LogP contribution in [0.1, 0.15) is 12.8 Å². The summed E-state index contributed by atoms with van der Waals surface area (Å²) in [5, 5.41) is 5.24.